The van der Waals surface area contributed by atoms with Crippen LogP contribution in [-0.2, 0) is 0 Å². The molecule has 3 rings (SSSR count). The van der Waals surface area contributed by atoms with Gasteiger partial charge in [0.25, 0.3) is 0 Å². The van der Waals surface area contributed by atoms with Gasteiger partial charge in [0.15, 0.2) is 0 Å². The maximum Gasteiger partial charge on any atom is 0.0634 e. The van der Waals surface area contributed by atoms with E-state index in [-0.39, 0.29) is 0 Å². The smallest absolute Gasteiger partial charge is 0.0634 e. The van der Waals surface area contributed by atoms with E-state index in [1.807, 2.05) is 11.8 Å². The van der Waals surface area contributed by atoms with Crippen LogP contribution in [0, 0.1) is 11.8 Å². The van der Waals surface area contributed by atoms with E-state index in [9.17, 15) is 0 Å². The first-order valence-electron chi connectivity index (χ1n) is 6.25. The van der Waals surface area contributed by atoms with Gasteiger partial charge in [0, 0.05) is 17.2 Å². The van der Waals surface area contributed by atoms with E-state index in [0.717, 1.165) is 18.4 Å². The number of hydrogen-bond acceptors (Lipinski definition) is 3. The van der Waals surface area contributed by atoms with Crippen molar-refractivity contribution in [1.29, 1.82) is 0 Å². The molecule has 2 bridgehead atoms. The van der Waals surface area contributed by atoms with Gasteiger partial charge in [-0.1, -0.05) is 13.8 Å². The molecule has 3 aliphatic rings. The van der Waals surface area contributed by atoms with Gasteiger partial charge in [-0.15, -0.1) is 11.8 Å². The molecule has 0 amide bonds. The Morgan fingerprint density at radius 3 is 2.69 bits per heavy atom. The third kappa shape index (κ3) is 2.69. The van der Waals surface area contributed by atoms with Gasteiger partial charge in [-0.25, -0.2) is 0 Å². The molecule has 1 saturated heterocycles. The fourth-order valence-corrected chi connectivity index (χ4v) is 3.74. The summed E-state index contributed by atoms with van der Waals surface area (Å²) in [6, 6.07) is 0. The molecule has 0 aromatic rings. The van der Waals surface area contributed by atoms with Crippen molar-refractivity contribution in [2.75, 3.05) is 25.4 Å². The Bertz CT molecular complexity index is 288. The molecule has 0 aromatic carbocycles. The topological polar surface area (TPSA) is 15.6 Å². The Kier molecular flexibility index (Phi) is 4.09. The molecule has 2 nitrogen and oxygen atoms in total. The van der Waals surface area contributed by atoms with Crippen molar-refractivity contribution in [3.63, 3.8) is 0 Å². The summed E-state index contributed by atoms with van der Waals surface area (Å²) in [6.45, 7) is 11.8. The second-order valence-electron chi connectivity index (χ2n) is 5.22. The van der Waals surface area contributed by atoms with Crippen molar-refractivity contribution in [2.24, 2.45) is 16.8 Å². The maximum absolute atomic E-state index is 4.27. The van der Waals surface area contributed by atoms with Gasteiger partial charge in [-0.05, 0) is 44.5 Å². The summed E-state index contributed by atoms with van der Waals surface area (Å²) in [5, 5.41) is 0. The highest BCUT2D eigenvalue weighted by Gasteiger charge is 2.29. The summed E-state index contributed by atoms with van der Waals surface area (Å²) in [5.41, 5.74) is 1.26. The van der Waals surface area contributed by atoms with Crippen molar-refractivity contribution in [1.82, 2.24) is 4.90 Å². The molecule has 0 atom stereocenters. The van der Waals surface area contributed by atoms with Crippen LogP contribution >= 0.6 is 11.8 Å². The van der Waals surface area contributed by atoms with Crippen LogP contribution in [0.3, 0.4) is 0 Å². The molecule has 0 saturated carbocycles. The predicted molar refractivity (Wildman–Crippen MR) is 73.0 cm³/mol. The van der Waals surface area contributed by atoms with Gasteiger partial charge in [0.1, 0.15) is 0 Å². The number of fused-ring (bicyclic) bond motifs is 3. The minimum atomic E-state index is 0.754. The quantitative estimate of drug-likeness (QED) is 0.700. The number of piperidine rings is 1. The highest BCUT2D eigenvalue weighted by Crippen LogP contribution is 2.39. The van der Waals surface area contributed by atoms with Crippen molar-refractivity contribution >= 4 is 18.5 Å². The molecule has 0 N–H and O–H groups in total. The highest BCUT2D eigenvalue weighted by atomic mass is 32.2. The second-order valence-corrected chi connectivity index (χ2v) is 6.29. The van der Waals surface area contributed by atoms with E-state index in [1.54, 1.807) is 4.91 Å². The average molecular weight is 238 g/mol. The summed E-state index contributed by atoms with van der Waals surface area (Å²) in [4.78, 5) is 8.34. The van der Waals surface area contributed by atoms with Gasteiger partial charge in [0.05, 0.1) is 5.70 Å². The lowest BCUT2D eigenvalue weighted by atomic mass is 9.98. The van der Waals surface area contributed by atoms with Crippen molar-refractivity contribution < 1.29 is 0 Å². The minimum absolute atomic E-state index is 0.754. The van der Waals surface area contributed by atoms with Gasteiger partial charge >= 0.3 is 0 Å². The Labute approximate surface area is 103 Å². The highest BCUT2D eigenvalue weighted by molar-refractivity contribution is 8.03. The molecule has 3 heterocycles. The van der Waals surface area contributed by atoms with E-state index >= 15 is 0 Å². The van der Waals surface area contributed by atoms with Crippen LogP contribution in [-0.4, -0.2) is 37.0 Å². The Morgan fingerprint density at radius 2 is 2.12 bits per heavy atom. The molecule has 1 fully saturated rings. The molecular weight excluding hydrogens is 216 g/mol. The van der Waals surface area contributed by atoms with Crippen LogP contribution in [0.2, 0.25) is 0 Å². The van der Waals surface area contributed by atoms with Crippen LogP contribution in [0.5, 0.6) is 0 Å². The fraction of sp³-hybridized carbons (Fsp3) is 0.769. The number of aliphatic imine (C=N–C) groups is 1. The zero-order valence-corrected chi connectivity index (χ0v) is 11.2. The van der Waals surface area contributed by atoms with Gasteiger partial charge < -0.3 is 0 Å². The largest absolute Gasteiger partial charge is 0.297 e. The normalized spacial score (nSPS) is 29.7. The van der Waals surface area contributed by atoms with Crippen LogP contribution in [0.1, 0.15) is 26.7 Å². The molecule has 3 aliphatic heterocycles. The van der Waals surface area contributed by atoms with Gasteiger partial charge in [0.2, 0.25) is 0 Å². The van der Waals surface area contributed by atoms with E-state index in [2.05, 4.69) is 30.5 Å². The number of thioether (sulfide) groups is 1. The number of nitrogens with zero attached hydrogens (tertiary/aromatic N) is 2. The lowest BCUT2D eigenvalue weighted by Crippen LogP contribution is -2.31. The van der Waals surface area contributed by atoms with Crippen molar-refractivity contribution in [3.05, 3.63) is 10.6 Å². The van der Waals surface area contributed by atoms with Crippen LogP contribution in [0.25, 0.3) is 0 Å². The van der Waals surface area contributed by atoms with Crippen molar-refractivity contribution in [2.45, 2.75) is 26.7 Å². The molecular formula is C13H22N2S. The van der Waals surface area contributed by atoms with E-state index in [1.165, 1.54) is 37.4 Å². The molecule has 0 radical (unpaired) electrons. The van der Waals surface area contributed by atoms with Crippen LogP contribution in [0.15, 0.2) is 15.6 Å². The van der Waals surface area contributed by atoms with Gasteiger partial charge in [-0.2, -0.15) is 0 Å². The maximum atomic E-state index is 4.27. The Balaban J connectivity index is 2.14. The third-order valence-electron chi connectivity index (χ3n) is 3.38. The van der Waals surface area contributed by atoms with E-state index < -0.39 is 0 Å². The van der Waals surface area contributed by atoms with E-state index in [0.29, 0.717) is 0 Å². The number of hydrogen-bond donors (Lipinski definition) is 0. The first-order chi connectivity index (χ1) is 7.70. The number of rotatable bonds is 4. The first-order valence-corrected chi connectivity index (χ1v) is 7.24. The third-order valence-corrected chi connectivity index (χ3v) is 5.09. The van der Waals surface area contributed by atoms with Crippen LogP contribution < -0.4 is 0 Å². The second kappa shape index (κ2) is 5.37. The zero-order chi connectivity index (χ0) is 11.5. The summed E-state index contributed by atoms with van der Waals surface area (Å²) in [6.07, 6.45) is 2.64. The average Bonchev–Trinajstić information content (AvgIpc) is 2.55. The molecule has 0 unspecified atom stereocenters. The standard InChI is InChI=1S/C13H22N2S/c1-10(2)9-16-13-11-4-6-15(7-5-11)8-12(13)14-3/h10-11H,3-9H2,1-2H3. The molecule has 0 aromatic heterocycles. The zero-order valence-electron chi connectivity index (χ0n) is 10.4. The number of allylic oxidation sites excluding steroid dienone is 1. The molecule has 90 valence electrons. The fourth-order valence-electron chi connectivity index (χ4n) is 2.46. The minimum Gasteiger partial charge on any atom is -0.297 e. The summed E-state index contributed by atoms with van der Waals surface area (Å²) < 4.78 is 0. The lowest BCUT2D eigenvalue weighted by Gasteiger charge is -2.27. The van der Waals surface area contributed by atoms with Crippen LogP contribution in [0.4, 0.5) is 0 Å². The van der Waals surface area contributed by atoms with Gasteiger partial charge in [-0.3, -0.25) is 9.89 Å². The Hall–Kier alpha value is -0.280. The lowest BCUT2D eigenvalue weighted by molar-refractivity contribution is 0.231. The molecule has 0 spiro atoms. The summed E-state index contributed by atoms with van der Waals surface area (Å²) in [7, 11) is 0. The molecule has 16 heavy (non-hydrogen) atoms. The van der Waals surface area contributed by atoms with Crippen molar-refractivity contribution in [3.8, 4) is 0 Å². The summed E-state index contributed by atoms with van der Waals surface area (Å²) >= 11 is 2.03. The monoisotopic (exact) mass is 238 g/mol. The van der Waals surface area contributed by atoms with E-state index in [4.69, 9.17) is 0 Å². The predicted octanol–water partition coefficient (Wildman–Crippen LogP) is 3.01. The molecule has 0 aliphatic carbocycles. The SMILES string of the molecule is C=NC1=C(SCC(C)C)C2CCN(CC2)C1. The first kappa shape index (κ1) is 12.2. The Morgan fingerprint density at radius 1 is 1.44 bits per heavy atom. The summed E-state index contributed by atoms with van der Waals surface area (Å²) in [5.74, 6) is 2.73. The molecule has 3 heteroatoms.